The average molecular weight is 1150 g/mol. The van der Waals surface area contributed by atoms with Crippen LogP contribution in [-0.4, -0.2) is 159 Å². The van der Waals surface area contributed by atoms with Crippen LogP contribution in [0, 0.1) is 36.3 Å². The standard InChI is InChI=1S/C63H73F2N11O6S/c1-8-47-50(64)18-15-41-27-45(77)28-48(53(41)47)55-54(65)56-49(29-66-55)59(75-31-42-16-17-43(32-75)69-42)72-62(71-56)82-34-44-26-36(2)30-74(44)24-25-81-46-19-22-73(23-20-46)33-52(78)70-58(63(5,6)7)61(80)76-21-9-10-51(76)60(79)68-37(3)39-11-13-40(14-12-39)57-38(4)67-35-83-57/h1,11-15,18,27-29,35,37,42-44,46,51,58,69,77H,2,9-10,16-17,19-26,30-34H2,3-7H3,(H,68,79)(H,70,78)/t37-,42?,43?,44-,51-,58+/m0/s1. The molecule has 0 spiro atoms. The number of rotatable bonds is 17. The van der Waals surface area contributed by atoms with Crippen molar-refractivity contribution in [1.82, 2.24) is 50.6 Å². The van der Waals surface area contributed by atoms with Gasteiger partial charge in [-0.15, -0.1) is 17.8 Å². The first kappa shape index (κ1) is 57.7. The number of carbonyl (C=O) groups is 3. The summed E-state index contributed by atoms with van der Waals surface area (Å²) in [6.45, 7) is 19.2. The molecule has 8 heterocycles. The third-order valence-electron chi connectivity index (χ3n) is 17.2. The summed E-state index contributed by atoms with van der Waals surface area (Å²) >= 11 is 1.60. The summed E-state index contributed by atoms with van der Waals surface area (Å²) in [6, 6.07) is 12.3. The van der Waals surface area contributed by atoms with Crippen molar-refractivity contribution in [2.24, 2.45) is 5.41 Å². The quantitative estimate of drug-likeness (QED) is 0.0507. The van der Waals surface area contributed by atoms with E-state index in [9.17, 15) is 19.5 Å². The van der Waals surface area contributed by atoms with Crippen LogP contribution >= 0.6 is 11.3 Å². The van der Waals surface area contributed by atoms with E-state index in [1.165, 1.54) is 30.5 Å². The lowest BCUT2D eigenvalue weighted by molar-refractivity contribution is -0.144. The Morgan fingerprint density at radius 3 is 2.46 bits per heavy atom. The fraction of sp³-hybridized carbons (Fsp3) is 0.476. The number of benzene rings is 3. The number of aryl methyl sites for hydroxylation is 1. The van der Waals surface area contributed by atoms with Gasteiger partial charge in [0.1, 0.15) is 47.3 Å². The molecule has 5 aliphatic heterocycles. The molecular formula is C63H73F2N11O6S. The summed E-state index contributed by atoms with van der Waals surface area (Å²) < 4.78 is 45.2. The maximum Gasteiger partial charge on any atom is 0.319 e. The van der Waals surface area contributed by atoms with Gasteiger partial charge in [0.2, 0.25) is 17.7 Å². The highest BCUT2D eigenvalue weighted by molar-refractivity contribution is 7.13. The summed E-state index contributed by atoms with van der Waals surface area (Å²) in [5.74, 6) is 0.631. The van der Waals surface area contributed by atoms with Crippen molar-refractivity contribution in [3.8, 4) is 45.8 Å². The number of halogens is 2. The number of hydrogen-bond acceptors (Lipinski definition) is 15. The summed E-state index contributed by atoms with van der Waals surface area (Å²) in [4.78, 5) is 69.7. The third-order valence-corrected chi connectivity index (χ3v) is 18.1. The lowest BCUT2D eigenvalue weighted by atomic mass is 9.85. The molecule has 20 heteroatoms. The van der Waals surface area contributed by atoms with Crippen LogP contribution in [0.2, 0.25) is 0 Å². The molecule has 5 saturated heterocycles. The van der Waals surface area contributed by atoms with Crippen molar-refractivity contribution in [1.29, 1.82) is 0 Å². The fourth-order valence-corrected chi connectivity index (χ4v) is 13.6. The second kappa shape index (κ2) is 24.2. The molecule has 83 heavy (non-hydrogen) atoms. The smallest absolute Gasteiger partial charge is 0.319 e. The van der Waals surface area contributed by atoms with Gasteiger partial charge < -0.3 is 40.3 Å². The molecule has 17 nitrogen and oxygen atoms in total. The first-order chi connectivity index (χ1) is 39.9. The molecule has 3 amide bonds. The van der Waals surface area contributed by atoms with Gasteiger partial charge >= 0.3 is 6.01 Å². The molecule has 6 aromatic rings. The molecule has 0 aliphatic carbocycles. The number of nitrogens with zero attached hydrogens (tertiary/aromatic N) is 8. The molecule has 0 saturated carbocycles. The Bertz CT molecular complexity index is 3470. The summed E-state index contributed by atoms with van der Waals surface area (Å²) in [5, 5.41) is 21.7. The molecule has 5 fully saturated rings. The number of terminal acetylenes is 1. The van der Waals surface area contributed by atoms with Crippen LogP contribution in [-0.2, 0) is 19.1 Å². The Morgan fingerprint density at radius 1 is 0.988 bits per heavy atom. The minimum Gasteiger partial charge on any atom is -0.508 e. The van der Waals surface area contributed by atoms with Crippen molar-refractivity contribution in [3.05, 3.63) is 101 Å². The predicted octanol–water partition coefficient (Wildman–Crippen LogP) is 8.07. The average Bonchev–Trinajstić information content (AvgIpc) is 2.78. The molecule has 11 rings (SSSR count). The molecule has 2 bridgehead atoms. The molecule has 5 aliphatic rings. The number of aromatic nitrogens is 4. The zero-order valence-electron chi connectivity index (χ0n) is 47.9. The van der Waals surface area contributed by atoms with Crippen molar-refractivity contribution in [2.75, 3.05) is 70.5 Å². The van der Waals surface area contributed by atoms with E-state index in [0.717, 1.165) is 53.0 Å². The van der Waals surface area contributed by atoms with Crippen LogP contribution in [0.25, 0.3) is 43.4 Å². The van der Waals surface area contributed by atoms with Crippen LogP contribution in [0.15, 0.2) is 72.4 Å². The van der Waals surface area contributed by atoms with Crippen molar-refractivity contribution in [3.63, 3.8) is 0 Å². The van der Waals surface area contributed by atoms with Crippen molar-refractivity contribution >= 4 is 56.6 Å². The zero-order valence-corrected chi connectivity index (χ0v) is 48.7. The number of piperazine rings is 1. The van der Waals surface area contributed by atoms with E-state index in [2.05, 4.69) is 58.1 Å². The normalized spacial score (nSPS) is 21.4. The van der Waals surface area contributed by atoms with Gasteiger partial charge in [-0.05, 0) is 98.9 Å². The van der Waals surface area contributed by atoms with Gasteiger partial charge in [0.15, 0.2) is 5.82 Å². The highest BCUT2D eigenvalue weighted by Crippen LogP contribution is 2.40. The number of carbonyl (C=O) groups excluding carboxylic acids is 3. The maximum absolute atomic E-state index is 17.2. The predicted molar refractivity (Wildman–Crippen MR) is 317 cm³/mol. The van der Waals surface area contributed by atoms with Gasteiger partial charge in [-0.25, -0.2) is 13.8 Å². The minimum absolute atomic E-state index is 0.000958. The van der Waals surface area contributed by atoms with Crippen LogP contribution in [0.4, 0.5) is 14.6 Å². The van der Waals surface area contributed by atoms with Gasteiger partial charge in [-0.3, -0.25) is 29.2 Å². The molecule has 6 atom stereocenters. The van der Waals surface area contributed by atoms with E-state index in [1.807, 2.05) is 64.4 Å². The number of phenolic OH excluding ortho intramolecular Hbond substituents is 1. The number of amides is 3. The van der Waals surface area contributed by atoms with Gasteiger partial charge in [-0.2, -0.15) is 9.97 Å². The number of hydrogen-bond donors (Lipinski definition) is 4. The van der Waals surface area contributed by atoms with E-state index in [0.29, 0.717) is 88.3 Å². The first-order valence-corrected chi connectivity index (χ1v) is 29.8. The number of anilines is 1. The number of piperidine rings is 1. The van der Waals surface area contributed by atoms with Gasteiger partial charge in [-0.1, -0.05) is 69.2 Å². The number of aromatic hydroxyl groups is 1. The van der Waals surface area contributed by atoms with E-state index in [-0.39, 0.29) is 101 Å². The lowest BCUT2D eigenvalue weighted by Crippen LogP contribution is -2.59. The SMILES string of the molecule is C#Cc1c(F)ccc2cc(O)cc(-c3ncc4c(N5CC6CCC(C5)N6)nc(OC[C@@H]5CC(=C)CN5CCOC5CCN(CC(=O)N[C@H](C(=O)N6CCC[C@H]6C(=O)N[C@@H](C)c6ccc(-c7scnc7C)cc6)C(C)(C)C)CC5)nc4c3F)c12. The Balaban J connectivity index is 0.683. The summed E-state index contributed by atoms with van der Waals surface area (Å²) in [7, 11) is 0. The highest BCUT2D eigenvalue weighted by Gasteiger charge is 2.43. The maximum atomic E-state index is 17.2. The monoisotopic (exact) mass is 1150 g/mol. The van der Waals surface area contributed by atoms with E-state index in [1.54, 1.807) is 16.2 Å². The first-order valence-electron chi connectivity index (χ1n) is 29.0. The van der Waals surface area contributed by atoms with Gasteiger partial charge in [0.05, 0.1) is 52.3 Å². The number of thiazole rings is 1. The Labute approximate surface area is 487 Å². The van der Waals surface area contributed by atoms with Crippen LogP contribution in [0.1, 0.15) is 95.5 Å². The van der Waals surface area contributed by atoms with E-state index in [4.69, 9.17) is 20.9 Å². The molecule has 0 radical (unpaired) electrons. The van der Waals surface area contributed by atoms with Crippen LogP contribution in [0.3, 0.4) is 0 Å². The summed E-state index contributed by atoms with van der Waals surface area (Å²) in [6.07, 6.45) is 12.7. The Morgan fingerprint density at radius 2 is 1.75 bits per heavy atom. The molecule has 436 valence electrons. The zero-order chi connectivity index (χ0) is 58.3. The number of fused-ring (bicyclic) bond motifs is 4. The van der Waals surface area contributed by atoms with Crippen LogP contribution < -0.4 is 25.6 Å². The highest BCUT2D eigenvalue weighted by atomic mass is 32.1. The van der Waals surface area contributed by atoms with Crippen molar-refractivity contribution in [2.45, 2.75) is 122 Å². The number of ether oxygens (including phenoxy) is 2. The van der Waals surface area contributed by atoms with Crippen molar-refractivity contribution < 1.29 is 37.7 Å². The largest absolute Gasteiger partial charge is 0.508 e. The molecular weight excluding hydrogens is 1080 g/mol. The summed E-state index contributed by atoms with van der Waals surface area (Å²) in [5.41, 5.74) is 5.20. The second-order valence-electron chi connectivity index (χ2n) is 24.1. The minimum atomic E-state index is -0.824. The molecule has 3 aromatic carbocycles. The van der Waals surface area contributed by atoms with Gasteiger partial charge in [0, 0.05) is 81.1 Å². The molecule has 3 aromatic heterocycles. The Kier molecular flexibility index (Phi) is 16.8. The topological polar surface area (TPSA) is 191 Å². The number of phenols is 1. The number of pyridine rings is 1. The van der Waals surface area contributed by atoms with E-state index < -0.39 is 29.1 Å². The molecule has 2 unspecified atom stereocenters. The van der Waals surface area contributed by atoms with Crippen LogP contribution in [0.5, 0.6) is 11.8 Å². The fourth-order valence-electron chi connectivity index (χ4n) is 12.8. The lowest BCUT2D eigenvalue weighted by Gasteiger charge is -2.36. The third kappa shape index (κ3) is 12.4. The van der Waals surface area contributed by atoms with E-state index >= 15 is 8.78 Å². The Hall–Kier alpha value is -7.15. The number of likely N-dealkylation sites (tertiary alicyclic amines) is 3. The number of nitrogens with one attached hydrogen (secondary N) is 3. The second-order valence-corrected chi connectivity index (χ2v) is 25.0. The molecule has 4 N–H and O–H groups in total. The van der Waals surface area contributed by atoms with Gasteiger partial charge in [0.25, 0.3) is 0 Å².